The molecule has 0 unspecified atom stereocenters. The number of aromatic nitrogens is 3. The Bertz CT molecular complexity index is 1460. The van der Waals surface area contributed by atoms with Gasteiger partial charge in [0.15, 0.2) is 0 Å². The van der Waals surface area contributed by atoms with Crippen LogP contribution in [0.25, 0.3) is 5.69 Å². The van der Waals surface area contributed by atoms with Gasteiger partial charge in [-0.2, -0.15) is 9.78 Å². The van der Waals surface area contributed by atoms with Crippen molar-refractivity contribution < 1.29 is 9.18 Å². The molecule has 0 radical (unpaired) electrons. The summed E-state index contributed by atoms with van der Waals surface area (Å²) in [6.45, 7) is 1.69. The molecule has 0 atom stereocenters. The monoisotopic (exact) mass is 464 g/mol. The lowest BCUT2D eigenvalue weighted by Gasteiger charge is -2.13. The van der Waals surface area contributed by atoms with Crippen LogP contribution in [0, 0.1) is 12.7 Å². The molecule has 4 rings (SSSR count). The van der Waals surface area contributed by atoms with E-state index in [4.69, 9.17) is 11.6 Å². The van der Waals surface area contributed by atoms with Crippen LogP contribution in [-0.4, -0.2) is 20.3 Å². The maximum atomic E-state index is 13.2. The lowest BCUT2D eigenvalue weighted by Crippen LogP contribution is -2.45. The summed E-state index contributed by atoms with van der Waals surface area (Å²) in [6.07, 6.45) is 0. The highest BCUT2D eigenvalue weighted by atomic mass is 35.5. The van der Waals surface area contributed by atoms with Gasteiger partial charge < -0.3 is 5.32 Å². The average molecular weight is 465 g/mol. The van der Waals surface area contributed by atoms with Gasteiger partial charge >= 0.3 is 5.69 Å². The van der Waals surface area contributed by atoms with Crippen LogP contribution < -0.4 is 16.6 Å². The first-order valence-electron chi connectivity index (χ1n) is 9.95. The largest absolute Gasteiger partial charge is 0.352 e. The van der Waals surface area contributed by atoms with Crippen molar-refractivity contribution in [2.24, 2.45) is 0 Å². The quantitative estimate of drug-likeness (QED) is 0.487. The minimum atomic E-state index is -0.872. The fourth-order valence-corrected chi connectivity index (χ4v) is 3.44. The fourth-order valence-electron chi connectivity index (χ4n) is 3.24. The minimum Gasteiger partial charge on any atom is -0.320 e. The molecule has 0 bridgehead atoms. The number of hydrogen-bond donors (Lipinski definition) is 1. The molecular weight excluding hydrogens is 447 g/mol. The highest BCUT2D eigenvalue weighted by molar-refractivity contribution is 6.31. The molecule has 0 aliphatic carbocycles. The van der Waals surface area contributed by atoms with Crippen molar-refractivity contribution in [2.45, 2.75) is 13.5 Å². The second-order valence-electron chi connectivity index (χ2n) is 7.33. The SMILES string of the molecule is Cc1cccc(-n2nc(C(=O)Nc3ccc(F)cc3)c(=O)n(Cc3ccccc3Cl)c2=O)c1. The van der Waals surface area contributed by atoms with Gasteiger partial charge in [-0.25, -0.2) is 9.18 Å². The molecule has 4 aromatic rings. The zero-order valence-electron chi connectivity index (χ0n) is 17.5. The number of benzene rings is 3. The third kappa shape index (κ3) is 4.75. The second-order valence-corrected chi connectivity index (χ2v) is 7.73. The molecule has 7 nitrogen and oxygen atoms in total. The van der Waals surface area contributed by atoms with Gasteiger partial charge in [0.1, 0.15) is 5.82 Å². The Morgan fingerprint density at radius 1 is 1.03 bits per heavy atom. The van der Waals surface area contributed by atoms with Crippen molar-refractivity contribution in [3.63, 3.8) is 0 Å². The zero-order chi connectivity index (χ0) is 23.5. The number of halogens is 2. The molecule has 1 amide bonds. The van der Waals surface area contributed by atoms with Crippen molar-refractivity contribution in [1.29, 1.82) is 0 Å². The van der Waals surface area contributed by atoms with Gasteiger partial charge in [0, 0.05) is 10.7 Å². The van der Waals surface area contributed by atoms with Crippen molar-refractivity contribution in [3.8, 4) is 5.69 Å². The Balaban J connectivity index is 1.86. The Kier molecular flexibility index (Phi) is 6.19. The van der Waals surface area contributed by atoms with Gasteiger partial charge in [-0.05, 0) is 60.5 Å². The van der Waals surface area contributed by atoms with Gasteiger partial charge in [-0.3, -0.25) is 14.2 Å². The maximum absolute atomic E-state index is 13.2. The first-order chi connectivity index (χ1) is 15.8. The van der Waals surface area contributed by atoms with E-state index in [2.05, 4.69) is 10.4 Å². The van der Waals surface area contributed by atoms with Gasteiger partial charge in [0.2, 0.25) is 5.69 Å². The van der Waals surface area contributed by atoms with Gasteiger partial charge in [0.05, 0.1) is 12.2 Å². The summed E-state index contributed by atoms with van der Waals surface area (Å²) in [6, 6.07) is 18.8. The van der Waals surface area contributed by atoms with Crippen LogP contribution in [0.2, 0.25) is 5.02 Å². The smallest absolute Gasteiger partial charge is 0.320 e. The van der Waals surface area contributed by atoms with E-state index in [1.165, 1.54) is 24.3 Å². The summed E-state index contributed by atoms with van der Waals surface area (Å²) in [4.78, 5) is 39.3. The van der Waals surface area contributed by atoms with E-state index in [9.17, 15) is 18.8 Å². The highest BCUT2D eigenvalue weighted by Gasteiger charge is 2.21. The van der Waals surface area contributed by atoms with Crippen molar-refractivity contribution in [3.05, 3.63) is 121 Å². The summed E-state index contributed by atoms with van der Waals surface area (Å²) < 4.78 is 15.1. The number of rotatable bonds is 5. The zero-order valence-corrected chi connectivity index (χ0v) is 18.2. The molecule has 1 heterocycles. The number of carbonyl (C=O) groups is 1. The van der Waals surface area contributed by atoms with E-state index >= 15 is 0 Å². The van der Waals surface area contributed by atoms with Gasteiger partial charge in [-0.1, -0.05) is 41.9 Å². The third-order valence-electron chi connectivity index (χ3n) is 4.91. The van der Waals surface area contributed by atoms with Crippen LogP contribution in [0.4, 0.5) is 10.1 Å². The molecule has 0 fully saturated rings. The normalized spacial score (nSPS) is 10.8. The van der Waals surface area contributed by atoms with Crippen LogP contribution in [0.1, 0.15) is 21.6 Å². The van der Waals surface area contributed by atoms with Crippen LogP contribution >= 0.6 is 11.6 Å². The lowest BCUT2D eigenvalue weighted by atomic mass is 10.2. The molecule has 1 N–H and O–H groups in total. The molecule has 1 aromatic heterocycles. The molecule has 33 heavy (non-hydrogen) atoms. The summed E-state index contributed by atoms with van der Waals surface area (Å²) >= 11 is 6.23. The Morgan fingerprint density at radius 3 is 2.45 bits per heavy atom. The highest BCUT2D eigenvalue weighted by Crippen LogP contribution is 2.15. The van der Waals surface area contributed by atoms with Crippen molar-refractivity contribution in [1.82, 2.24) is 14.3 Å². The number of nitrogens with zero attached hydrogens (tertiary/aromatic N) is 3. The Hall–Kier alpha value is -4.04. The summed E-state index contributed by atoms with van der Waals surface area (Å²) in [5.41, 5.74) is -0.0234. The first kappa shape index (κ1) is 22.2. The first-order valence-corrected chi connectivity index (χ1v) is 10.3. The Morgan fingerprint density at radius 2 is 1.76 bits per heavy atom. The summed E-state index contributed by atoms with van der Waals surface area (Å²) in [5.74, 6) is -1.30. The number of amides is 1. The van der Waals surface area contributed by atoms with Crippen LogP contribution in [0.5, 0.6) is 0 Å². The van der Waals surface area contributed by atoms with E-state index in [-0.39, 0.29) is 12.2 Å². The summed E-state index contributed by atoms with van der Waals surface area (Å²) in [5, 5.41) is 6.96. The van der Waals surface area contributed by atoms with Gasteiger partial charge in [0.25, 0.3) is 11.5 Å². The van der Waals surface area contributed by atoms with E-state index in [1.807, 2.05) is 13.0 Å². The van der Waals surface area contributed by atoms with E-state index in [1.54, 1.807) is 42.5 Å². The van der Waals surface area contributed by atoms with Crippen LogP contribution in [-0.2, 0) is 6.54 Å². The maximum Gasteiger partial charge on any atom is 0.352 e. The summed E-state index contributed by atoms with van der Waals surface area (Å²) in [7, 11) is 0. The molecule has 0 aliphatic heterocycles. The molecule has 3 aromatic carbocycles. The standard InChI is InChI=1S/C24H18ClFN4O3/c1-15-5-4-7-19(13-15)30-24(33)29(14-16-6-2-3-8-20(16)25)23(32)21(28-30)22(31)27-18-11-9-17(26)10-12-18/h2-13H,14H2,1H3,(H,27,31). The van der Waals surface area contributed by atoms with Gasteiger partial charge in [-0.15, -0.1) is 0 Å². The fraction of sp³-hybridized carbons (Fsp3) is 0.0833. The number of hydrogen-bond acceptors (Lipinski definition) is 4. The van der Waals surface area contributed by atoms with Crippen molar-refractivity contribution >= 4 is 23.2 Å². The molecular formula is C24H18ClFN4O3. The average Bonchev–Trinajstić information content (AvgIpc) is 2.79. The molecule has 0 saturated carbocycles. The predicted molar refractivity (Wildman–Crippen MR) is 124 cm³/mol. The molecule has 0 spiro atoms. The van der Waals surface area contributed by atoms with E-state index in [0.717, 1.165) is 14.8 Å². The predicted octanol–water partition coefficient (Wildman–Crippen LogP) is 3.80. The second kappa shape index (κ2) is 9.22. The third-order valence-corrected chi connectivity index (χ3v) is 5.28. The van der Waals surface area contributed by atoms with Crippen LogP contribution in [0.15, 0.2) is 82.4 Å². The molecule has 0 saturated heterocycles. The molecule has 0 aliphatic rings. The number of anilines is 1. The minimum absolute atomic E-state index is 0.150. The van der Waals surface area contributed by atoms with Crippen LogP contribution in [0.3, 0.4) is 0 Å². The van der Waals surface area contributed by atoms with E-state index < -0.39 is 28.7 Å². The lowest BCUT2D eigenvalue weighted by molar-refractivity contribution is 0.101. The Labute approximate surface area is 192 Å². The number of carbonyl (C=O) groups excluding carboxylic acids is 1. The van der Waals surface area contributed by atoms with Crippen molar-refractivity contribution in [2.75, 3.05) is 5.32 Å². The van der Waals surface area contributed by atoms with E-state index in [0.29, 0.717) is 16.3 Å². The number of nitrogens with one attached hydrogen (secondary N) is 1. The topological polar surface area (TPSA) is 86.0 Å². The molecule has 166 valence electrons. The number of aryl methyl sites for hydroxylation is 1. The molecule has 9 heteroatoms.